The van der Waals surface area contributed by atoms with Crippen LogP contribution in [0, 0.1) is 5.82 Å². The van der Waals surface area contributed by atoms with Gasteiger partial charge in [0.15, 0.2) is 5.11 Å². The fraction of sp³-hybridized carbons (Fsp3) is 0.300. The molecule has 0 spiro atoms. The van der Waals surface area contributed by atoms with Crippen LogP contribution >= 0.6 is 12.2 Å². The van der Waals surface area contributed by atoms with E-state index in [1.807, 2.05) is 0 Å². The van der Waals surface area contributed by atoms with Gasteiger partial charge in [-0.1, -0.05) is 0 Å². The lowest BCUT2D eigenvalue weighted by atomic mass is 10.3. The Morgan fingerprint density at radius 2 is 2.00 bits per heavy atom. The smallest absolute Gasteiger partial charge is 0.170 e. The standard InChI is InChI=1S/C10H13FN2OS/c11-8-2-4-9(5-3-8)13-10(15)12-6-1-7-14/h2-5,14H,1,6-7H2,(H2,12,13,15). The van der Waals surface area contributed by atoms with Gasteiger partial charge in [0.05, 0.1) is 0 Å². The summed E-state index contributed by atoms with van der Waals surface area (Å²) in [4.78, 5) is 0. The van der Waals surface area contributed by atoms with Crippen LogP contribution in [0.15, 0.2) is 24.3 Å². The Morgan fingerprint density at radius 3 is 2.60 bits per heavy atom. The van der Waals surface area contributed by atoms with E-state index < -0.39 is 0 Å². The van der Waals surface area contributed by atoms with Crippen LogP contribution in [0.4, 0.5) is 10.1 Å². The number of hydrogen-bond acceptors (Lipinski definition) is 2. The SMILES string of the molecule is OCCCNC(=S)Nc1ccc(F)cc1. The Hall–Kier alpha value is -1.20. The number of rotatable bonds is 4. The second-order valence-electron chi connectivity index (χ2n) is 2.96. The van der Waals surface area contributed by atoms with Crippen molar-refractivity contribution in [3.05, 3.63) is 30.1 Å². The van der Waals surface area contributed by atoms with E-state index >= 15 is 0 Å². The fourth-order valence-corrected chi connectivity index (χ4v) is 1.21. The van der Waals surface area contributed by atoms with Gasteiger partial charge in [-0.3, -0.25) is 0 Å². The van der Waals surface area contributed by atoms with Gasteiger partial charge in [-0.25, -0.2) is 4.39 Å². The molecule has 0 radical (unpaired) electrons. The van der Waals surface area contributed by atoms with Crippen molar-refractivity contribution in [2.24, 2.45) is 0 Å². The van der Waals surface area contributed by atoms with Crippen molar-refractivity contribution < 1.29 is 9.50 Å². The van der Waals surface area contributed by atoms with Gasteiger partial charge in [0.25, 0.3) is 0 Å². The summed E-state index contributed by atoms with van der Waals surface area (Å²) < 4.78 is 12.6. The Labute approximate surface area is 93.3 Å². The van der Waals surface area contributed by atoms with Crippen LogP contribution in [-0.2, 0) is 0 Å². The molecule has 0 amide bonds. The highest BCUT2D eigenvalue weighted by molar-refractivity contribution is 7.80. The molecule has 82 valence electrons. The van der Waals surface area contributed by atoms with E-state index in [9.17, 15) is 4.39 Å². The summed E-state index contributed by atoms with van der Waals surface area (Å²) in [6.45, 7) is 0.746. The van der Waals surface area contributed by atoms with E-state index in [4.69, 9.17) is 17.3 Å². The van der Waals surface area contributed by atoms with Crippen LogP contribution < -0.4 is 10.6 Å². The first kappa shape index (κ1) is 11.9. The summed E-state index contributed by atoms with van der Waals surface area (Å²) in [7, 11) is 0. The Balaban J connectivity index is 2.34. The third kappa shape index (κ3) is 4.71. The molecule has 0 bridgehead atoms. The third-order valence-electron chi connectivity index (χ3n) is 1.72. The van der Waals surface area contributed by atoms with Gasteiger partial charge in [0.1, 0.15) is 5.82 Å². The van der Waals surface area contributed by atoms with Gasteiger partial charge >= 0.3 is 0 Å². The van der Waals surface area contributed by atoms with Gasteiger partial charge in [-0.2, -0.15) is 0 Å². The minimum atomic E-state index is -0.278. The number of halogens is 1. The molecule has 0 saturated heterocycles. The number of thiocarbonyl (C=S) groups is 1. The lowest BCUT2D eigenvalue weighted by Gasteiger charge is -2.09. The number of hydrogen-bond donors (Lipinski definition) is 3. The van der Waals surface area contributed by atoms with Crippen LogP contribution in [0.25, 0.3) is 0 Å². The number of aliphatic hydroxyl groups excluding tert-OH is 1. The average Bonchev–Trinajstić information content (AvgIpc) is 2.22. The number of benzene rings is 1. The van der Waals surface area contributed by atoms with E-state index in [2.05, 4.69) is 10.6 Å². The lowest BCUT2D eigenvalue weighted by molar-refractivity contribution is 0.289. The van der Waals surface area contributed by atoms with Gasteiger partial charge in [-0.05, 0) is 42.9 Å². The molecule has 1 rings (SSSR count). The van der Waals surface area contributed by atoms with E-state index in [0.29, 0.717) is 18.1 Å². The molecule has 15 heavy (non-hydrogen) atoms. The zero-order valence-corrected chi connectivity index (χ0v) is 8.98. The molecule has 0 saturated carbocycles. The molecule has 1 aromatic rings. The van der Waals surface area contributed by atoms with Crippen LogP contribution in [0.1, 0.15) is 6.42 Å². The van der Waals surface area contributed by atoms with E-state index in [0.717, 1.165) is 5.69 Å². The molecule has 0 heterocycles. The highest BCUT2D eigenvalue weighted by atomic mass is 32.1. The maximum absolute atomic E-state index is 12.6. The molecule has 3 nitrogen and oxygen atoms in total. The molecule has 0 aromatic heterocycles. The van der Waals surface area contributed by atoms with Crippen molar-refractivity contribution in [1.82, 2.24) is 5.32 Å². The van der Waals surface area contributed by atoms with Crippen molar-refractivity contribution in [1.29, 1.82) is 0 Å². The average molecular weight is 228 g/mol. The van der Waals surface area contributed by atoms with Crippen molar-refractivity contribution in [3.63, 3.8) is 0 Å². The predicted octanol–water partition coefficient (Wildman–Crippen LogP) is 1.49. The number of nitrogens with one attached hydrogen (secondary N) is 2. The molecule has 0 fully saturated rings. The normalized spacial score (nSPS) is 9.73. The number of anilines is 1. The molecule has 0 aliphatic rings. The maximum atomic E-state index is 12.6. The molecule has 0 atom stereocenters. The largest absolute Gasteiger partial charge is 0.396 e. The highest BCUT2D eigenvalue weighted by Gasteiger charge is 1.96. The monoisotopic (exact) mass is 228 g/mol. The minimum absolute atomic E-state index is 0.131. The molecular weight excluding hydrogens is 215 g/mol. The highest BCUT2D eigenvalue weighted by Crippen LogP contribution is 2.07. The molecular formula is C10H13FN2OS. The van der Waals surface area contributed by atoms with Crippen molar-refractivity contribution in [3.8, 4) is 0 Å². The van der Waals surface area contributed by atoms with Gasteiger partial charge in [-0.15, -0.1) is 0 Å². The Kier molecular flexibility index (Phi) is 5.00. The summed E-state index contributed by atoms with van der Waals surface area (Å²) >= 11 is 4.98. The second kappa shape index (κ2) is 6.31. The molecule has 3 N–H and O–H groups in total. The zero-order valence-electron chi connectivity index (χ0n) is 8.16. The molecule has 0 unspecified atom stereocenters. The van der Waals surface area contributed by atoms with Gasteiger partial charge in [0, 0.05) is 18.8 Å². The first-order valence-electron chi connectivity index (χ1n) is 4.63. The van der Waals surface area contributed by atoms with Gasteiger partial charge < -0.3 is 15.7 Å². The summed E-state index contributed by atoms with van der Waals surface area (Å²) in [5, 5.41) is 14.8. The first-order chi connectivity index (χ1) is 7.22. The Morgan fingerprint density at radius 1 is 1.33 bits per heavy atom. The van der Waals surface area contributed by atoms with Crippen molar-refractivity contribution in [2.45, 2.75) is 6.42 Å². The van der Waals surface area contributed by atoms with Crippen LogP contribution in [0.2, 0.25) is 0 Å². The van der Waals surface area contributed by atoms with E-state index in [1.165, 1.54) is 12.1 Å². The van der Waals surface area contributed by atoms with Crippen LogP contribution in [0.5, 0.6) is 0 Å². The van der Waals surface area contributed by atoms with Crippen LogP contribution in [-0.4, -0.2) is 23.4 Å². The Bertz CT molecular complexity index is 316. The quantitative estimate of drug-likeness (QED) is 0.540. The summed E-state index contributed by atoms with van der Waals surface area (Å²) in [5.74, 6) is -0.278. The summed E-state index contributed by atoms with van der Waals surface area (Å²) in [6.07, 6.45) is 0.644. The number of aliphatic hydroxyl groups is 1. The van der Waals surface area contributed by atoms with Crippen LogP contribution in [0.3, 0.4) is 0 Å². The zero-order chi connectivity index (χ0) is 11.1. The molecule has 5 heteroatoms. The molecule has 1 aromatic carbocycles. The predicted molar refractivity (Wildman–Crippen MR) is 62.3 cm³/mol. The maximum Gasteiger partial charge on any atom is 0.170 e. The summed E-state index contributed by atoms with van der Waals surface area (Å²) in [6, 6.07) is 5.93. The van der Waals surface area contributed by atoms with Gasteiger partial charge in [0.2, 0.25) is 0 Å². The lowest BCUT2D eigenvalue weighted by Crippen LogP contribution is -2.29. The van der Waals surface area contributed by atoms with E-state index in [-0.39, 0.29) is 12.4 Å². The first-order valence-corrected chi connectivity index (χ1v) is 5.04. The second-order valence-corrected chi connectivity index (χ2v) is 3.37. The minimum Gasteiger partial charge on any atom is -0.396 e. The van der Waals surface area contributed by atoms with Crippen molar-refractivity contribution >= 4 is 23.0 Å². The molecule has 0 aliphatic heterocycles. The fourth-order valence-electron chi connectivity index (χ4n) is 0.989. The summed E-state index contributed by atoms with van der Waals surface area (Å²) in [5.41, 5.74) is 0.734. The molecule has 0 aliphatic carbocycles. The van der Waals surface area contributed by atoms with Crippen molar-refractivity contribution in [2.75, 3.05) is 18.5 Å². The topological polar surface area (TPSA) is 44.3 Å². The third-order valence-corrected chi connectivity index (χ3v) is 1.97. The van der Waals surface area contributed by atoms with E-state index in [1.54, 1.807) is 12.1 Å².